The lowest BCUT2D eigenvalue weighted by Crippen LogP contribution is -2.12. The number of nitrogens with two attached hydrogens (primary N) is 1. The topological polar surface area (TPSA) is 64.9 Å². The minimum absolute atomic E-state index is 0.384. The Morgan fingerprint density at radius 1 is 1.05 bits per heavy atom. The fourth-order valence-corrected chi connectivity index (χ4v) is 2.16. The van der Waals surface area contributed by atoms with E-state index in [4.69, 9.17) is 10.3 Å². The van der Waals surface area contributed by atoms with Crippen LogP contribution in [0.1, 0.15) is 34.4 Å². The van der Waals surface area contributed by atoms with Crippen molar-refractivity contribution in [2.24, 2.45) is 5.73 Å². The normalized spacial score (nSPS) is 12.3. The van der Waals surface area contributed by atoms with Crippen molar-refractivity contribution in [2.75, 3.05) is 0 Å². The van der Waals surface area contributed by atoms with Gasteiger partial charge in [0.05, 0.1) is 0 Å². The molecule has 1 atom stereocenters. The summed E-state index contributed by atoms with van der Waals surface area (Å²) in [5, 5.41) is 4.01. The Hall–Kier alpha value is -2.46. The summed E-state index contributed by atoms with van der Waals surface area (Å²) >= 11 is 0. The van der Waals surface area contributed by atoms with Gasteiger partial charge in [-0.15, -0.1) is 0 Å². The van der Waals surface area contributed by atoms with Crippen molar-refractivity contribution in [1.29, 1.82) is 0 Å². The molecule has 106 valence electrons. The summed E-state index contributed by atoms with van der Waals surface area (Å²) in [4.78, 5) is 4.40. The number of rotatable bonds is 4. The molecular weight excluding hydrogens is 262 g/mol. The molecule has 0 radical (unpaired) electrons. The van der Waals surface area contributed by atoms with Gasteiger partial charge in [0.1, 0.15) is 6.04 Å². The van der Waals surface area contributed by atoms with Gasteiger partial charge in [-0.3, -0.25) is 0 Å². The van der Waals surface area contributed by atoms with Crippen molar-refractivity contribution in [2.45, 2.75) is 19.4 Å². The van der Waals surface area contributed by atoms with E-state index in [9.17, 15) is 0 Å². The SMILES string of the molecule is Cc1ccc(Cc2noc([C@H](N)c3ccccc3)n2)cc1. The van der Waals surface area contributed by atoms with Crippen LogP contribution in [0, 0.1) is 6.92 Å². The molecule has 1 heterocycles. The van der Waals surface area contributed by atoms with E-state index in [-0.39, 0.29) is 6.04 Å². The number of aromatic nitrogens is 2. The monoisotopic (exact) mass is 279 g/mol. The van der Waals surface area contributed by atoms with Gasteiger partial charge in [-0.2, -0.15) is 4.98 Å². The van der Waals surface area contributed by atoms with E-state index in [0.29, 0.717) is 18.1 Å². The fourth-order valence-electron chi connectivity index (χ4n) is 2.16. The maximum Gasteiger partial charge on any atom is 0.248 e. The zero-order valence-electron chi connectivity index (χ0n) is 11.9. The van der Waals surface area contributed by atoms with Gasteiger partial charge < -0.3 is 10.3 Å². The van der Waals surface area contributed by atoms with E-state index >= 15 is 0 Å². The van der Waals surface area contributed by atoms with Crippen molar-refractivity contribution in [3.05, 3.63) is 83.0 Å². The van der Waals surface area contributed by atoms with Crippen LogP contribution >= 0.6 is 0 Å². The molecule has 1 aromatic heterocycles. The van der Waals surface area contributed by atoms with Crippen molar-refractivity contribution >= 4 is 0 Å². The quantitative estimate of drug-likeness (QED) is 0.797. The molecule has 4 heteroatoms. The third-order valence-electron chi connectivity index (χ3n) is 3.39. The molecular formula is C17H17N3O. The molecule has 0 spiro atoms. The highest BCUT2D eigenvalue weighted by molar-refractivity contribution is 5.25. The Morgan fingerprint density at radius 2 is 1.76 bits per heavy atom. The van der Waals surface area contributed by atoms with Crippen LogP contribution in [0.15, 0.2) is 59.1 Å². The van der Waals surface area contributed by atoms with E-state index in [1.54, 1.807) is 0 Å². The first kappa shape index (κ1) is 13.5. The Morgan fingerprint density at radius 3 is 2.48 bits per heavy atom. The summed E-state index contributed by atoms with van der Waals surface area (Å²) < 4.78 is 5.29. The number of hydrogen-bond donors (Lipinski definition) is 1. The van der Waals surface area contributed by atoms with Gasteiger partial charge >= 0.3 is 0 Å². The minimum atomic E-state index is -0.384. The summed E-state index contributed by atoms with van der Waals surface area (Å²) in [6, 6.07) is 17.7. The zero-order valence-corrected chi connectivity index (χ0v) is 11.9. The predicted octanol–water partition coefficient (Wildman–Crippen LogP) is 3.02. The third-order valence-corrected chi connectivity index (χ3v) is 3.39. The summed E-state index contributed by atoms with van der Waals surface area (Å²) in [7, 11) is 0. The smallest absolute Gasteiger partial charge is 0.248 e. The van der Waals surface area contributed by atoms with Crippen molar-refractivity contribution in [1.82, 2.24) is 10.1 Å². The van der Waals surface area contributed by atoms with Crippen molar-refractivity contribution < 1.29 is 4.52 Å². The van der Waals surface area contributed by atoms with Crippen molar-refractivity contribution in [3.63, 3.8) is 0 Å². The van der Waals surface area contributed by atoms with Gasteiger partial charge in [-0.25, -0.2) is 0 Å². The predicted molar refractivity (Wildman–Crippen MR) is 80.8 cm³/mol. The Labute approximate surface area is 123 Å². The first-order valence-corrected chi connectivity index (χ1v) is 6.91. The summed E-state index contributed by atoms with van der Waals surface area (Å²) in [6.45, 7) is 2.06. The van der Waals surface area contributed by atoms with Crippen LogP contribution < -0.4 is 5.73 Å². The van der Waals surface area contributed by atoms with Gasteiger partial charge in [0, 0.05) is 6.42 Å². The molecule has 21 heavy (non-hydrogen) atoms. The lowest BCUT2D eigenvalue weighted by molar-refractivity contribution is 0.363. The van der Waals surface area contributed by atoms with Crippen LogP contribution in [0.2, 0.25) is 0 Å². The Balaban J connectivity index is 1.75. The van der Waals surface area contributed by atoms with E-state index < -0.39 is 0 Å². The maximum atomic E-state index is 6.15. The summed E-state index contributed by atoms with van der Waals surface area (Å²) in [5.41, 5.74) is 9.50. The molecule has 3 rings (SSSR count). The molecule has 0 saturated carbocycles. The summed E-state index contributed by atoms with van der Waals surface area (Å²) in [6.07, 6.45) is 0.644. The second-order valence-electron chi connectivity index (χ2n) is 5.10. The number of nitrogens with zero attached hydrogens (tertiary/aromatic N) is 2. The van der Waals surface area contributed by atoms with Gasteiger partial charge in [0.2, 0.25) is 5.89 Å². The van der Waals surface area contributed by atoms with Gasteiger partial charge in [-0.05, 0) is 18.1 Å². The average Bonchev–Trinajstić information content (AvgIpc) is 2.98. The molecule has 0 aliphatic rings. The number of aryl methyl sites for hydroxylation is 1. The molecule has 0 aliphatic heterocycles. The third kappa shape index (κ3) is 3.17. The van der Waals surface area contributed by atoms with E-state index in [1.165, 1.54) is 5.56 Å². The molecule has 0 amide bonds. The highest BCUT2D eigenvalue weighted by Gasteiger charge is 2.16. The Kier molecular flexibility index (Phi) is 3.79. The largest absolute Gasteiger partial charge is 0.337 e. The van der Waals surface area contributed by atoms with Gasteiger partial charge in [0.25, 0.3) is 0 Å². The van der Waals surface area contributed by atoms with E-state index in [0.717, 1.165) is 11.1 Å². The molecule has 4 nitrogen and oxygen atoms in total. The van der Waals surface area contributed by atoms with Crippen LogP contribution in [0.5, 0.6) is 0 Å². The molecule has 0 saturated heterocycles. The second kappa shape index (κ2) is 5.89. The highest BCUT2D eigenvalue weighted by Crippen LogP contribution is 2.18. The zero-order chi connectivity index (χ0) is 14.7. The van der Waals surface area contributed by atoms with Crippen LogP contribution in [0.4, 0.5) is 0 Å². The number of hydrogen-bond acceptors (Lipinski definition) is 4. The summed E-state index contributed by atoms with van der Waals surface area (Å²) in [5.74, 6) is 1.10. The second-order valence-corrected chi connectivity index (χ2v) is 5.10. The van der Waals surface area contributed by atoms with Gasteiger partial charge in [-0.1, -0.05) is 65.3 Å². The number of benzene rings is 2. The fraction of sp³-hybridized carbons (Fsp3) is 0.176. The molecule has 2 N–H and O–H groups in total. The minimum Gasteiger partial charge on any atom is -0.337 e. The highest BCUT2D eigenvalue weighted by atomic mass is 16.5. The van der Waals surface area contributed by atoms with Gasteiger partial charge in [0.15, 0.2) is 5.82 Å². The first-order valence-electron chi connectivity index (χ1n) is 6.91. The average molecular weight is 279 g/mol. The lowest BCUT2D eigenvalue weighted by Gasteiger charge is -2.05. The maximum absolute atomic E-state index is 6.15. The van der Waals surface area contributed by atoms with E-state index in [1.807, 2.05) is 30.3 Å². The molecule has 2 aromatic carbocycles. The van der Waals surface area contributed by atoms with E-state index in [2.05, 4.69) is 41.3 Å². The molecule has 0 aliphatic carbocycles. The lowest BCUT2D eigenvalue weighted by atomic mass is 10.1. The van der Waals surface area contributed by atoms with Crippen molar-refractivity contribution in [3.8, 4) is 0 Å². The molecule has 3 aromatic rings. The van der Waals surface area contributed by atoms with Crippen LogP contribution in [0.25, 0.3) is 0 Å². The van der Waals surface area contributed by atoms with Crippen LogP contribution in [0.3, 0.4) is 0 Å². The molecule has 0 unspecified atom stereocenters. The molecule has 0 fully saturated rings. The standard InChI is InChI=1S/C17H17N3O/c1-12-7-9-13(10-8-12)11-15-19-17(21-20-15)16(18)14-5-3-2-4-6-14/h2-10,16H,11,18H2,1H3/t16-/m1/s1. The first-order chi connectivity index (χ1) is 10.2. The Bertz CT molecular complexity index is 704. The van der Waals surface area contributed by atoms with Crippen LogP contribution in [-0.2, 0) is 6.42 Å². The van der Waals surface area contributed by atoms with Crippen LogP contribution in [-0.4, -0.2) is 10.1 Å². The molecule has 0 bridgehead atoms.